The largest absolute Gasteiger partial charge is 0.497 e. The molecule has 2 aromatic carbocycles. The van der Waals surface area contributed by atoms with Gasteiger partial charge in [0.1, 0.15) is 5.75 Å². The van der Waals surface area contributed by atoms with Gasteiger partial charge in [0, 0.05) is 30.0 Å². The molecule has 0 atom stereocenters. The van der Waals surface area contributed by atoms with E-state index in [0.717, 1.165) is 33.6 Å². The maximum atomic E-state index is 12.2. The van der Waals surface area contributed by atoms with Crippen LogP contribution in [0.1, 0.15) is 29.8 Å². The highest BCUT2D eigenvalue weighted by Crippen LogP contribution is 2.28. The summed E-state index contributed by atoms with van der Waals surface area (Å²) in [6.07, 6.45) is 1.83. The molecule has 0 unspecified atom stereocenters. The normalized spacial score (nSPS) is 10.8. The summed E-state index contributed by atoms with van der Waals surface area (Å²) < 4.78 is 7.37. The van der Waals surface area contributed by atoms with E-state index in [9.17, 15) is 4.79 Å². The first kappa shape index (κ1) is 22.6. The number of nitrogens with zero attached hydrogens (tertiary/aromatic N) is 3. The number of amides is 1. The molecule has 0 aliphatic carbocycles. The molecule has 7 heteroatoms. The van der Waals surface area contributed by atoms with Crippen molar-refractivity contribution in [2.24, 2.45) is 5.92 Å². The van der Waals surface area contributed by atoms with Crippen LogP contribution < -0.4 is 10.1 Å². The zero-order chi connectivity index (χ0) is 22.2. The predicted octanol–water partition coefficient (Wildman–Crippen LogP) is 4.82. The molecule has 0 bridgehead atoms. The van der Waals surface area contributed by atoms with Crippen molar-refractivity contribution in [1.82, 2.24) is 20.1 Å². The van der Waals surface area contributed by atoms with E-state index in [-0.39, 0.29) is 5.91 Å². The predicted molar refractivity (Wildman–Crippen MR) is 125 cm³/mol. The van der Waals surface area contributed by atoms with Crippen molar-refractivity contribution in [3.05, 3.63) is 72.3 Å². The molecule has 1 heterocycles. The maximum Gasteiger partial charge on any atom is 0.251 e. The molecule has 0 saturated heterocycles. The van der Waals surface area contributed by atoms with Gasteiger partial charge < -0.3 is 10.1 Å². The molecule has 31 heavy (non-hydrogen) atoms. The van der Waals surface area contributed by atoms with Gasteiger partial charge in [0.05, 0.1) is 7.11 Å². The van der Waals surface area contributed by atoms with Gasteiger partial charge >= 0.3 is 0 Å². The molecule has 162 valence electrons. The van der Waals surface area contributed by atoms with Crippen LogP contribution in [0.5, 0.6) is 5.75 Å². The lowest BCUT2D eigenvalue weighted by atomic mass is 10.1. The second-order valence-electron chi connectivity index (χ2n) is 7.53. The van der Waals surface area contributed by atoms with Crippen LogP contribution in [0.4, 0.5) is 0 Å². The number of benzene rings is 2. The molecular weight excluding hydrogens is 408 g/mol. The van der Waals surface area contributed by atoms with Gasteiger partial charge in [0.2, 0.25) is 0 Å². The highest BCUT2D eigenvalue weighted by Gasteiger charge is 2.14. The summed E-state index contributed by atoms with van der Waals surface area (Å²) in [5, 5.41) is 12.5. The van der Waals surface area contributed by atoms with Crippen LogP contribution in [0, 0.1) is 5.92 Å². The molecule has 6 nitrogen and oxygen atoms in total. The van der Waals surface area contributed by atoms with E-state index in [1.54, 1.807) is 18.9 Å². The Morgan fingerprint density at radius 2 is 2.00 bits per heavy atom. The Morgan fingerprint density at radius 1 is 1.23 bits per heavy atom. The van der Waals surface area contributed by atoms with Gasteiger partial charge in [-0.05, 0) is 35.7 Å². The molecule has 0 radical (unpaired) electrons. The Hall–Kier alpha value is -3.06. The third-order valence-electron chi connectivity index (χ3n) is 4.61. The van der Waals surface area contributed by atoms with Gasteiger partial charge in [0.25, 0.3) is 5.91 Å². The first-order valence-corrected chi connectivity index (χ1v) is 11.2. The highest BCUT2D eigenvalue weighted by atomic mass is 32.2. The number of methoxy groups -OCH3 is 1. The lowest BCUT2D eigenvalue weighted by Crippen LogP contribution is -2.27. The van der Waals surface area contributed by atoms with Crippen molar-refractivity contribution in [1.29, 1.82) is 0 Å². The quantitative estimate of drug-likeness (QED) is 0.365. The topological polar surface area (TPSA) is 69.0 Å². The minimum absolute atomic E-state index is 0.0402. The molecule has 1 aromatic heterocycles. The third-order valence-corrected chi connectivity index (χ3v) is 5.65. The summed E-state index contributed by atoms with van der Waals surface area (Å²) in [6.45, 7) is 9.30. The molecule has 0 saturated carbocycles. The van der Waals surface area contributed by atoms with Crippen LogP contribution >= 0.6 is 11.8 Å². The maximum absolute atomic E-state index is 12.2. The van der Waals surface area contributed by atoms with Crippen molar-refractivity contribution in [2.75, 3.05) is 13.7 Å². The first-order valence-electron chi connectivity index (χ1n) is 10.2. The van der Waals surface area contributed by atoms with Gasteiger partial charge in [-0.3, -0.25) is 9.36 Å². The van der Waals surface area contributed by atoms with E-state index in [1.165, 1.54) is 0 Å². The van der Waals surface area contributed by atoms with Crippen molar-refractivity contribution >= 4 is 17.7 Å². The number of ether oxygens (including phenoxy) is 1. The average molecular weight is 437 g/mol. The van der Waals surface area contributed by atoms with Crippen LogP contribution in [-0.2, 0) is 12.3 Å². The summed E-state index contributed by atoms with van der Waals surface area (Å²) >= 11 is 1.60. The molecule has 1 N–H and O–H groups in total. The lowest BCUT2D eigenvalue weighted by Gasteiger charge is -2.09. The first-order chi connectivity index (χ1) is 15.0. The number of hydrogen-bond acceptors (Lipinski definition) is 5. The fourth-order valence-electron chi connectivity index (χ4n) is 2.96. The van der Waals surface area contributed by atoms with Gasteiger partial charge in [-0.25, -0.2) is 0 Å². The standard InChI is InChI=1S/C24H28N4O2S/c1-5-13-28-22(20-7-6-8-21(14-20)30-4)26-27-24(28)31-16-18-9-11-19(12-10-18)23(29)25-15-17(2)3/h5-12,14,17H,1,13,15-16H2,2-4H3,(H,25,29). The second-order valence-corrected chi connectivity index (χ2v) is 8.47. The number of nitrogens with one attached hydrogen (secondary N) is 1. The van der Waals surface area contributed by atoms with Crippen LogP contribution in [0.25, 0.3) is 11.4 Å². The van der Waals surface area contributed by atoms with Crippen LogP contribution in [0.3, 0.4) is 0 Å². The third kappa shape index (κ3) is 5.98. The Bertz CT molecular complexity index is 1030. The SMILES string of the molecule is C=CCn1c(SCc2ccc(C(=O)NCC(C)C)cc2)nnc1-c1cccc(OC)c1. The number of hydrogen-bond donors (Lipinski definition) is 1. The van der Waals surface area contributed by atoms with E-state index in [2.05, 4.69) is 35.9 Å². The fourth-order valence-corrected chi connectivity index (χ4v) is 3.87. The van der Waals surface area contributed by atoms with Crippen LogP contribution in [0.2, 0.25) is 0 Å². The van der Waals surface area contributed by atoms with Crippen molar-refractivity contribution < 1.29 is 9.53 Å². The summed E-state index contributed by atoms with van der Waals surface area (Å²) in [4.78, 5) is 12.2. The van der Waals surface area contributed by atoms with Crippen molar-refractivity contribution in [3.8, 4) is 17.1 Å². The minimum Gasteiger partial charge on any atom is -0.497 e. The van der Waals surface area contributed by atoms with Crippen molar-refractivity contribution in [3.63, 3.8) is 0 Å². The number of allylic oxidation sites excluding steroid dienone is 1. The van der Waals surface area contributed by atoms with E-state index in [0.29, 0.717) is 24.6 Å². The molecule has 3 aromatic rings. The summed E-state index contributed by atoms with van der Waals surface area (Å²) in [6, 6.07) is 15.5. The Kier molecular flexibility index (Phi) is 7.89. The summed E-state index contributed by atoms with van der Waals surface area (Å²) in [5.74, 6) is 2.66. The van der Waals surface area contributed by atoms with Gasteiger partial charge in [-0.2, -0.15) is 0 Å². The minimum atomic E-state index is -0.0402. The number of thioether (sulfide) groups is 1. The smallest absolute Gasteiger partial charge is 0.251 e. The number of aromatic nitrogens is 3. The summed E-state index contributed by atoms with van der Waals surface area (Å²) in [5.41, 5.74) is 2.73. The lowest BCUT2D eigenvalue weighted by molar-refractivity contribution is 0.0949. The van der Waals surface area contributed by atoms with E-state index >= 15 is 0 Å². The van der Waals surface area contributed by atoms with E-state index in [4.69, 9.17) is 4.74 Å². The van der Waals surface area contributed by atoms with E-state index < -0.39 is 0 Å². The van der Waals surface area contributed by atoms with Gasteiger partial charge in [-0.1, -0.05) is 56.0 Å². The Balaban J connectivity index is 1.71. The molecule has 1 amide bonds. The molecule has 0 spiro atoms. The molecular formula is C24H28N4O2S. The number of carbonyl (C=O) groups excluding carboxylic acids is 1. The monoisotopic (exact) mass is 436 g/mol. The van der Waals surface area contributed by atoms with E-state index in [1.807, 2.05) is 59.2 Å². The van der Waals surface area contributed by atoms with Gasteiger partial charge in [-0.15, -0.1) is 16.8 Å². The molecule has 0 fully saturated rings. The molecule has 3 rings (SSSR count). The summed E-state index contributed by atoms with van der Waals surface area (Å²) in [7, 11) is 1.65. The molecule has 0 aliphatic heterocycles. The number of carbonyl (C=O) groups is 1. The Labute approximate surface area is 187 Å². The fraction of sp³-hybridized carbons (Fsp3) is 0.292. The van der Waals surface area contributed by atoms with Crippen molar-refractivity contribution in [2.45, 2.75) is 31.3 Å². The average Bonchev–Trinajstić information content (AvgIpc) is 3.19. The Morgan fingerprint density at radius 3 is 2.68 bits per heavy atom. The van der Waals surface area contributed by atoms with Crippen LogP contribution in [-0.4, -0.2) is 34.3 Å². The zero-order valence-electron chi connectivity index (χ0n) is 18.2. The highest BCUT2D eigenvalue weighted by molar-refractivity contribution is 7.98. The van der Waals surface area contributed by atoms with Crippen LogP contribution in [0.15, 0.2) is 66.3 Å². The molecule has 0 aliphatic rings. The number of rotatable bonds is 10. The zero-order valence-corrected chi connectivity index (χ0v) is 19.0. The second kappa shape index (κ2) is 10.8. The van der Waals surface area contributed by atoms with Gasteiger partial charge in [0.15, 0.2) is 11.0 Å².